The van der Waals surface area contributed by atoms with Gasteiger partial charge in [0.25, 0.3) is 0 Å². The minimum Gasteiger partial charge on any atom is -0.342 e. The van der Waals surface area contributed by atoms with E-state index in [1.165, 1.54) is 16.6 Å². The molecule has 0 N–H and O–H groups in total. The van der Waals surface area contributed by atoms with Gasteiger partial charge in [-0.05, 0) is 67.6 Å². The van der Waals surface area contributed by atoms with Crippen LogP contribution in [0.3, 0.4) is 0 Å². The van der Waals surface area contributed by atoms with Crippen LogP contribution >= 0.6 is 0 Å². The number of unbranched alkanes of at least 4 members (excludes halogenated alkanes) is 1. The molecule has 0 aliphatic heterocycles. The van der Waals surface area contributed by atoms with Crippen LogP contribution in [0.25, 0.3) is 44.1 Å². The van der Waals surface area contributed by atoms with Crippen LogP contribution in [0.2, 0.25) is 0 Å². The molecule has 0 spiro atoms. The first-order chi connectivity index (χ1) is 26.5. The minimum absolute atomic E-state index is 0. The summed E-state index contributed by atoms with van der Waals surface area (Å²) in [6.45, 7) is 11.6. The van der Waals surface area contributed by atoms with E-state index in [0.29, 0.717) is 11.3 Å². The molecule has 4 aromatic carbocycles. The molecule has 0 amide bonds. The van der Waals surface area contributed by atoms with E-state index >= 15 is 0 Å². The van der Waals surface area contributed by atoms with Crippen molar-refractivity contribution in [3.8, 4) is 34.3 Å². The number of nitriles is 1. The van der Waals surface area contributed by atoms with Crippen molar-refractivity contribution in [1.29, 1.82) is 5.26 Å². The normalized spacial score (nSPS) is 10.5. The second kappa shape index (κ2) is 20.1. The first kappa shape index (κ1) is 40.5. The summed E-state index contributed by atoms with van der Waals surface area (Å²) in [5.74, 6) is 0. The van der Waals surface area contributed by atoms with Crippen LogP contribution in [0.4, 0.5) is 5.69 Å². The molecule has 55 heavy (non-hydrogen) atoms. The number of rotatable bonds is 12. The summed E-state index contributed by atoms with van der Waals surface area (Å²) in [4.78, 5) is 13.3. The molecule has 1 radical (unpaired) electrons. The fraction of sp³-hybridized carbons (Fsp3) is 0.229. The average Bonchev–Trinajstić information content (AvgIpc) is 3.56. The maximum absolute atomic E-state index is 9.09. The zero-order chi connectivity index (χ0) is 37.7. The Morgan fingerprint density at radius 3 is 1.89 bits per heavy atom. The van der Waals surface area contributed by atoms with Crippen molar-refractivity contribution in [2.45, 2.75) is 65.2 Å². The van der Waals surface area contributed by atoms with Crippen LogP contribution in [0.15, 0.2) is 109 Å². The molecule has 277 valence electrons. The van der Waals surface area contributed by atoms with Gasteiger partial charge in [-0.3, -0.25) is 0 Å². The minimum atomic E-state index is 0. The summed E-state index contributed by atoms with van der Waals surface area (Å²) >= 11 is 0. The number of nitrogens with zero attached hydrogens (tertiary/aromatic N) is 6. The van der Waals surface area contributed by atoms with Crippen LogP contribution < -0.4 is 4.57 Å². The Morgan fingerprint density at radius 2 is 1.36 bits per heavy atom. The van der Waals surface area contributed by atoms with Gasteiger partial charge < -0.3 is 19.1 Å². The van der Waals surface area contributed by atoms with E-state index < -0.39 is 0 Å². The van der Waals surface area contributed by atoms with Crippen molar-refractivity contribution >= 4 is 16.7 Å². The topological polar surface area (TPSA) is 62.7 Å². The van der Waals surface area contributed by atoms with Gasteiger partial charge in [-0.25, -0.2) is 5.26 Å². The fourth-order valence-corrected chi connectivity index (χ4v) is 6.51. The van der Waals surface area contributed by atoms with E-state index in [2.05, 4.69) is 85.7 Å². The maximum Gasteiger partial charge on any atom is 0.242 e. The van der Waals surface area contributed by atoms with E-state index in [9.17, 15) is 0 Å². The van der Waals surface area contributed by atoms with Crippen molar-refractivity contribution in [3.05, 3.63) is 173 Å². The Hall–Kier alpha value is -5.72. The monoisotopic (exact) mass is 896 g/mol. The van der Waals surface area contributed by atoms with Crippen molar-refractivity contribution in [2.24, 2.45) is 7.05 Å². The molecule has 0 atom stereocenters. The number of imidazole rings is 1. The summed E-state index contributed by atoms with van der Waals surface area (Å²) in [6.07, 6.45) is 11.4. The van der Waals surface area contributed by atoms with E-state index in [1.54, 1.807) is 12.1 Å². The number of fused-ring (bicyclic) bond motifs is 1. The number of aryl methyl sites for hydroxylation is 5. The van der Waals surface area contributed by atoms with Gasteiger partial charge in [0.1, 0.15) is 6.57 Å². The molecule has 7 rings (SSSR count). The number of benzene rings is 4. The molecule has 7 heteroatoms. The first-order valence-corrected chi connectivity index (χ1v) is 18.6. The Labute approximate surface area is 339 Å². The Balaban J connectivity index is 0.000000283. The second-order valence-corrected chi connectivity index (χ2v) is 13.3. The van der Waals surface area contributed by atoms with E-state index in [4.69, 9.17) is 21.8 Å². The van der Waals surface area contributed by atoms with Gasteiger partial charge in [0.05, 0.1) is 18.1 Å². The van der Waals surface area contributed by atoms with E-state index in [-0.39, 0.29) is 20.1 Å². The van der Waals surface area contributed by atoms with Crippen LogP contribution in [0, 0.1) is 42.4 Å². The molecule has 3 heterocycles. The number of hydrogen-bond donors (Lipinski definition) is 0. The molecule has 7 aromatic rings. The third-order valence-corrected chi connectivity index (χ3v) is 9.16. The second-order valence-electron chi connectivity index (χ2n) is 13.3. The zero-order valence-corrected chi connectivity index (χ0v) is 34.0. The standard InChI is InChI=1S/C34H32N4.C14H11N2.Ir/c1-4-8-26-20-31(37-33(22-26)28-14-12-25(24-35)13-15-28)10-6-7-11-32-21-27(9-5-2)23-34(38-32)29-16-18-30(36-3)19-17-29;1-15-11-16(12-7-3-2-4-8-12)14-10-6-5-9-13(14)15;/h12-14,16,18-23H,4-11H2,1-2H3;2-7,9-10H,1H3;/q-2;-1;. The molecule has 0 saturated heterocycles. The molecule has 0 bridgehead atoms. The fourth-order valence-electron chi connectivity index (χ4n) is 6.51. The smallest absolute Gasteiger partial charge is 0.242 e. The maximum atomic E-state index is 9.09. The molecule has 0 fully saturated rings. The summed E-state index contributed by atoms with van der Waals surface area (Å²) in [5.41, 5.74) is 13.0. The SMILES string of the molecule is C[n+]1[c-]n(-c2[c-]cccc2)c2ccccc21.[C-]#[N+]c1c[c-]c(-c2cc(CCC)cc(CCCCc3cc(CCC)cc(-c4[c-]cc(C#N)cc4)n3)n2)cc1.[Ir]. The van der Waals surface area contributed by atoms with Crippen LogP contribution in [0.1, 0.15) is 67.6 Å². The van der Waals surface area contributed by atoms with Crippen LogP contribution in [-0.4, -0.2) is 14.5 Å². The van der Waals surface area contributed by atoms with Crippen LogP contribution in [0.5, 0.6) is 0 Å². The number of pyridine rings is 2. The summed E-state index contributed by atoms with van der Waals surface area (Å²) < 4.78 is 4.02. The van der Waals surface area contributed by atoms with Crippen molar-refractivity contribution in [1.82, 2.24) is 14.5 Å². The largest absolute Gasteiger partial charge is 0.342 e. The third kappa shape index (κ3) is 10.7. The predicted octanol–water partition coefficient (Wildman–Crippen LogP) is 10.4. The molecular weight excluding hydrogens is 853 g/mol. The Morgan fingerprint density at radius 1 is 0.745 bits per heavy atom. The summed E-state index contributed by atoms with van der Waals surface area (Å²) in [6, 6.07) is 47.7. The van der Waals surface area contributed by atoms with Gasteiger partial charge >= 0.3 is 0 Å². The quantitative estimate of drug-likeness (QED) is 0.0697. The van der Waals surface area contributed by atoms with Gasteiger partial charge in [0.2, 0.25) is 12.0 Å². The van der Waals surface area contributed by atoms with E-state index in [0.717, 1.165) is 96.5 Å². The molecule has 0 aliphatic carbocycles. The Bertz CT molecular complexity index is 2270. The van der Waals surface area contributed by atoms with Gasteiger partial charge in [-0.15, -0.1) is 47.5 Å². The number of hydrogen-bond acceptors (Lipinski definition) is 3. The average molecular weight is 896 g/mol. The van der Waals surface area contributed by atoms with Gasteiger partial charge in [0.15, 0.2) is 0 Å². The molecule has 0 unspecified atom stereocenters. The Kier molecular flexibility index (Phi) is 14.8. The van der Waals surface area contributed by atoms with Gasteiger partial charge in [-0.2, -0.15) is 35.2 Å². The van der Waals surface area contributed by atoms with E-state index in [1.807, 2.05) is 76.8 Å². The zero-order valence-electron chi connectivity index (χ0n) is 31.6. The third-order valence-electron chi connectivity index (χ3n) is 9.16. The van der Waals surface area contributed by atoms with Crippen molar-refractivity contribution < 1.29 is 24.7 Å². The van der Waals surface area contributed by atoms with Crippen molar-refractivity contribution in [2.75, 3.05) is 0 Å². The molecule has 0 aliphatic rings. The first-order valence-electron chi connectivity index (χ1n) is 18.6. The predicted molar refractivity (Wildman–Crippen MR) is 215 cm³/mol. The van der Waals surface area contributed by atoms with Crippen molar-refractivity contribution in [3.63, 3.8) is 0 Å². The van der Waals surface area contributed by atoms with Gasteiger partial charge in [0, 0.05) is 37.6 Å². The number of aromatic nitrogens is 4. The molecule has 0 saturated carbocycles. The molecule has 6 nitrogen and oxygen atoms in total. The molecule has 3 aromatic heterocycles. The summed E-state index contributed by atoms with van der Waals surface area (Å²) in [5, 5.41) is 9.09. The van der Waals surface area contributed by atoms with Crippen LogP contribution in [-0.2, 0) is 52.8 Å². The number of para-hydroxylation sites is 3. The summed E-state index contributed by atoms with van der Waals surface area (Å²) in [7, 11) is 2.00. The van der Waals surface area contributed by atoms with Gasteiger partial charge in [-0.1, -0.05) is 92.0 Å². The molecular formula is C48H43IrN6-3.